The third kappa shape index (κ3) is 5.61. The molecular weight excluding hydrogens is 300 g/mol. The number of ether oxygens (including phenoxy) is 1. The molecule has 2 aromatic carbocycles. The molecule has 2 rings (SSSR count). The van der Waals surface area contributed by atoms with Gasteiger partial charge < -0.3 is 15.8 Å². The van der Waals surface area contributed by atoms with Crippen LogP contribution in [0.4, 0.5) is 5.69 Å². The number of nitrogens with one attached hydrogen (secondary N) is 1. The van der Waals surface area contributed by atoms with E-state index in [4.69, 9.17) is 10.5 Å². The number of nitrogen functional groups attached to an aromatic ring is 1. The van der Waals surface area contributed by atoms with E-state index in [1.54, 1.807) is 0 Å². The van der Waals surface area contributed by atoms with E-state index in [1.165, 1.54) is 0 Å². The summed E-state index contributed by atoms with van der Waals surface area (Å²) in [7, 11) is 0. The molecule has 0 heterocycles. The van der Waals surface area contributed by atoms with Gasteiger partial charge in [-0.1, -0.05) is 38.1 Å². The maximum atomic E-state index is 12.2. The first kappa shape index (κ1) is 17.9. The van der Waals surface area contributed by atoms with Crippen LogP contribution in [0.25, 0.3) is 0 Å². The second kappa shape index (κ2) is 8.39. The number of amides is 1. The summed E-state index contributed by atoms with van der Waals surface area (Å²) < 4.78 is 5.67. The average molecular weight is 326 g/mol. The molecule has 0 aromatic heterocycles. The molecule has 0 radical (unpaired) electrons. The first-order chi connectivity index (χ1) is 11.4. The van der Waals surface area contributed by atoms with Crippen LogP contribution in [0.2, 0.25) is 0 Å². The molecule has 1 unspecified atom stereocenters. The van der Waals surface area contributed by atoms with Crippen LogP contribution < -0.4 is 15.8 Å². The second-order valence-electron chi connectivity index (χ2n) is 6.48. The van der Waals surface area contributed by atoms with Gasteiger partial charge in [-0.15, -0.1) is 0 Å². The van der Waals surface area contributed by atoms with Gasteiger partial charge in [0, 0.05) is 5.69 Å². The van der Waals surface area contributed by atoms with Gasteiger partial charge in [0.2, 0.25) is 5.91 Å². The standard InChI is InChI=1S/C20H26N2O2/c1-14(2)13-24-19-10-6-17(7-11-19)15(3)22-20(23)12-16-4-8-18(21)9-5-16/h4-11,14-15H,12-13,21H2,1-3H3,(H,22,23). The Morgan fingerprint density at radius 3 is 2.25 bits per heavy atom. The van der Waals surface area contributed by atoms with Gasteiger partial charge in [0.15, 0.2) is 0 Å². The van der Waals surface area contributed by atoms with Gasteiger partial charge >= 0.3 is 0 Å². The lowest BCUT2D eigenvalue weighted by atomic mass is 10.1. The largest absolute Gasteiger partial charge is 0.493 e. The van der Waals surface area contributed by atoms with Gasteiger partial charge in [-0.3, -0.25) is 4.79 Å². The van der Waals surface area contributed by atoms with E-state index >= 15 is 0 Å². The van der Waals surface area contributed by atoms with E-state index in [9.17, 15) is 4.79 Å². The molecule has 0 spiro atoms. The van der Waals surface area contributed by atoms with Crippen molar-refractivity contribution in [3.05, 3.63) is 59.7 Å². The number of carbonyl (C=O) groups excluding carboxylic acids is 1. The monoisotopic (exact) mass is 326 g/mol. The molecule has 2 aromatic rings. The molecule has 0 aliphatic rings. The zero-order valence-corrected chi connectivity index (χ0v) is 14.6. The molecule has 3 N–H and O–H groups in total. The van der Waals surface area contributed by atoms with Crippen molar-refractivity contribution in [3.63, 3.8) is 0 Å². The maximum Gasteiger partial charge on any atom is 0.224 e. The smallest absolute Gasteiger partial charge is 0.224 e. The van der Waals surface area contributed by atoms with Crippen LogP contribution in [-0.2, 0) is 11.2 Å². The average Bonchev–Trinajstić information content (AvgIpc) is 2.55. The van der Waals surface area contributed by atoms with Gasteiger partial charge in [-0.05, 0) is 48.2 Å². The Kier molecular flexibility index (Phi) is 6.24. The highest BCUT2D eigenvalue weighted by atomic mass is 16.5. The summed E-state index contributed by atoms with van der Waals surface area (Å²) in [4.78, 5) is 12.2. The normalized spacial score (nSPS) is 12.0. The van der Waals surface area contributed by atoms with Crippen molar-refractivity contribution in [2.24, 2.45) is 5.92 Å². The molecule has 0 saturated heterocycles. The van der Waals surface area contributed by atoms with Crippen molar-refractivity contribution in [1.29, 1.82) is 0 Å². The summed E-state index contributed by atoms with van der Waals surface area (Å²) >= 11 is 0. The number of anilines is 1. The lowest BCUT2D eigenvalue weighted by Gasteiger charge is -2.15. The highest BCUT2D eigenvalue weighted by Gasteiger charge is 2.10. The molecule has 0 bridgehead atoms. The number of hydrogen-bond acceptors (Lipinski definition) is 3. The predicted octanol–water partition coefficient (Wildman–Crippen LogP) is 3.72. The molecule has 4 nitrogen and oxygen atoms in total. The van der Waals surface area contributed by atoms with Gasteiger partial charge in [0.1, 0.15) is 5.75 Å². The van der Waals surface area contributed by atoms with Gasteiger partial charge in [0.05, 0.1) is 19.1 Å². The van der Waals surface area contributed by atoms with Gasteiger partial charge in [-0.25, -0.2) is 0 Å². The van der Waals surface area contributed by atoms with Crippen LogP contribution >= 0.6 is 0 Å². The molecule has 1 amide bonds. The SMILES string of the molecule is CC(C)COc1ccc(C(C)NC(=O)Cc2ccc(N)cc2)cc1. The van der Waals surface area contributed by atoms with Crippen molar-refractivity contribution in [2.75, 3.05) is 12.3 Å². The Labute approximate surface area is 144 Å². The van der Waals surface area contributed by atoms with Crippen LogP contribution in [0.15, 0.2) is 48.5 Å². The Hall–Kier alpha value is -2.49. The lowest BCUT2D eigenvalue weighted by Crippen LogP contribution is -2.28. The maximum absolute atomic E-state index is 12.2. The first-order valence-electron chi connectivity index (χ1n) is 8.30. The van der Waals surface area contributed by atoms with Crippen LogP contribution in [0, 0.1) is 5.92 Å². The minimum atomic E-state index is -0.0505. The van der Waals surface area contributed by atoms with Gasteiger partial charge in [-0.2, -0.15) is 0 Å². The summed E-state index contributed by atoms with van der Waals surface area (Å²) in [5.74, 6) is 1.34. The third-order valence-electron chi connectivity index (χ3n) is 3.69. The topological polar surface area (TPSA) is 64.3 Å². The van der Waals surface area contributed by atoms with E-state index < -0.39 is 0 Å². The number of hydrogen-bond donors (Lipinski definition) is 2. The van der Waals surface area contributed by atoms with Crippen molar-refractivity contribution >= 4 is 11.6 Å². The predicted molar refractivity (Wildman–Crippen MR) is 97.9 cm³/mol. The van der Waals surface area contributed by atoms with Crippen LogP contribution in [0.3, 0.4) is 0 Å². The molecule has 0 fully saturated rings. The van der Waals surface area contributed by atoms with Crippen LogP contribution in [0.1, 0.15) is 37.9 Å². The summed E-state index contributed by atoms with van der Waals surface area (Å²) in [6.07, 6.45) is 0.347. The molecule has 24 heavy (non-hydrogen) atoms. The second-order valence-corrected chi connectivity index (χ2v) is 6.48. The fourth-order valence-electron chi connectivity index (χ4n) is 2.31. The first-order valence-corrected chi connectivity index (χ1v) is 8.30. The zero-order chi connectivity index (χ0) is 17.5. The summed E-state index contributed by atoms with van der Waals surface area (Å²) in [6.45, 7) is 6.91. The van der Waals surface area contributed by atoms with E-state index in [-0.39, 0.29) is 11.9 Å². The Morgan fingerprint density at radius 2 is 1.67 bits per heavy atom. The Balaban J connectivity index is 1.87. The lowest BCUT2D eigenvalue weighted by molar-refractivity contribution is -0.121. The molecule has 0 saturated carbocycles. The van der Waals surface area contributed by atoms with Crippen molar-refractivity contribution in [1.82, 2.24) is 5.32 Å². The summed E-state index contributed by atoms with van der Waals surface area (Å²) in [6, 6.07) is 15.2. The fourth-order valence-corrected chi connectivity index (χ4v) is 2.31. The van der Waals surface area contributed by atoms with E-state index in [0.29, 0.717) is 24.6 Å². The molecule has 0 aliphatic carbocycles. The van der Waals surface area contributed by atoms with Crippen molar-refractivity contribution in [2.45, 2.75) is 33.2 Å². The number of carbonyl (C=O) groups is 1. The Bertz CT molecular complexity index is 648. The molecule has 0 aliphatic heterocycles. The van der Waals surface area contributed by atoms with E-state index in [1.807, 2.05) is 55.5 Å². The summed E-state index contributed by atoms with van der Waals surface area (Å²) in [5, 5.41) is 3.02. The third-order valence-corrected chi connectivity index (χ3v) is 3.69. The molecule has 4 heteroatoms. The summed E-state index contributed by atoms with van der Waals surface area (Å²) in [5.41, 5.74) is 8.36. The van der Waals surface area contributed by atoms with E-state index in [0.717, 1.165) is 16.9 Å². The van der Waals surface area contributed by atoms with Gasteiger partial charge in [0.25, 0.3) is 0 Å². The van der Waals surface area contributed by atoms with Crippen molar-refractivity contribution in [3.8, 4) is 5.75 Å². The Morgan fingerprint density at radius 1 is 1.04 bits per heavy atom. The van der Waals surface area contributed by atoms with Crippen LogP contribution in [0.5, 0.6) is 5.75 Å². The number of rotatable bonds is 7. The van der Waals surface area contributed by atoms with Crippen molar-refractivity contribution < 1.29 is 9.53 Å². The number of benzene rings is 2. The highest BCUT2D eigenvalue weighted by molar-refractivity contribution is 5.79. The molecule has 1 atom stereocenters. The quantitative estimate of drug-likeness (QED) is 0.762. The minimum Gasteiger partial charge on any atom is -0.493 e. The fraction of sp³-hybridized carbons (Fsp3) is 0.350. The number of nitrogens with two attached hydrogens (primary N) is 1. The molecular formula is C20H26N2O2. The van der Waals surface area contributed by atoms with E-state index in [2.05, 4.69) is 19.2 Å². The zero-order valence-electron chi connectivity index (χ0n) is 14.6. The minimum absolute atomic E-state index is 0.00703. The molecule has 128 valence electrons. The van der Waals surface area contributed by atoms with Crippen LogP contribution in [-0.4, -0.2) is 12.5 Å². The highest BCUT2D eigenvalue weighted by Crippen LogP contribution is 2.18.